The second-order valence-electron chi connectivity index (χ2n) is 7.36. The number of hydrogen-bond donors (Lipinski definition) is 2. The molecular weight excluding hydrogens is 346 g/mol. The fourth-order valence-corrected chi connectivity index (χ4v) is 4.36. The monoisotopic (exact) mass is 375 g/mol. The Balaban J connectivity index is 1.74. The molecule has 1 saturated heterocycles. The first-order valence-electron chi connectivity index (χ1n) is 9.93. The van der Waals surface area contributed by atoms with Crippen LogP contribution >= 0.6 is 0 Å². The van der Waals surface area contributed by atoms with Crippen LogP contribution in [0.4, 0.5) is 0 Å². The second kappa shape index (κ2) is 8.65. The minimum absolute atomic E-state index is 0.00318. The van der Waals surface area contributed by atoms with Crippen molar-refractivity contribution in [1.29, 1.82) is 0 Å². The van der Waals surface area contributed by atoms with Gasteiger partial charge in [0.2, 0.25) is 5.91 Å². The smallest absolute Gasteiger partial charge is 0.263 e. The van der Waals surface area contributed by atoms with Gasteiger partial charge in [0.1, 0.15) is 5.56 Å². The number of aromatic nitrogens is 2. The zero-order valence-electron chi connectivity index (χ0n) is 16.1. The van der Waals surface area contributed by atoms with E-state index in [2.05, 4.69) is 20.2 Å². The highest BCUT2D eigenvalue weighted by Gasteiger charge is 2.42. The van der Waals surface area contributed by atoms with Crippen molar-refractivity contribution >= 4 is 11.8 Å². The molecule has 1 aromatic rings. The number of aromatic amines is 1. The Hall–Kier alpha value is -2.22. The maximum atomic E-state index is 13.0. The first-order chi connectivity index (χ1) is 13.0. The summed E-state index contributed by atoms with van der Waals surface area (Å²) in [5.74, 6) is -0.292. The van der Waals surface area contributed by atoms with Gasteiger partial charge < -0.3 is 15.2 Å². The first kappa shape index (κ1) is 19.5. The van der Waals surface area contributed by atoms with Crippen LogP contribution in [0.5, 0.6) is 0 Å². The summed E-state index contributed by atoms with van der Waals surface area (Å²) in [5.41, 5.74) is -0.452. The molecule has 2 atom stereocenters. The van der Waals surface area contributed by atoms with Gasteiger partial charge in [-0.05, 0) is 33.1 Å². The molecule has 0 spiro atoms. The maximum absolute atomic E-state index is 13.0. The van der Waals surface area contributed by atoms with E-state index < -0.39 is 11.5 Å². The van der Waals surface area contributed by atoms with Gasteiger partial charge in [0.15, 0.2) is 0 Å². The fourth-order valence-electron chi connectivity index (χ4n) is 4.36. The van der Waals surface area contributed by atoms with E-state index >= 15 is 0 Å². The van der Waals surface area contributed by atoms with Crippen LogP contribution in [0.3, 0.4) is 0 Å². The highest BCUT2D eigenvalue weighted by Crippen LogP contribution is 2.31. The number of hydrogen-bond acceptors (Lipinski definition) is 5. The van der Waals surface area contributed by atoms with Gasteiger partial charge in [0, 0.05) is 37.9 Å². The molecule has 2 heterocycles. The molecule has 1 aliphatic heterocycles. The summed E-state index contributed by atoms with van der Waals surface area (Å²) in [4.78, 5) is 47.7. The topological polar surface area (TPSA) is 98.4 Å². The molecule has 27 heavy (non-hydrogen) atoms. The van der Waals surface area contributed by atoms with Gasteiger partial charge in [0.05, 0.1) is 12.4 Å². The highest BCUT2D eigenvalue weighted by molar-refractivity contribution is 5.93. The molecule has 148 valence electrons. The van der Waals surface area contributed by atoms with Crippen molar-refractivity contribution in [2.24, 2.45) is 0 Å². The minimum Gasteiger partial charge on any atom is -0.348 e. The van der Waals surface area contributed by atoms with E-state index in [1.165, 1.54) is 25.4 Å². The zero-order valence-corrected chi connectivity index (χ0v) is 16.1. The number of nitrogens with zero attached hydrogens (tertiary/aromatic N) is 3. The van der Waals surface area contributed by atoms with Crippen LogP contribution in [-0.2, 0) is 4.79 Å². The van der Waals surface area contributed by atoms with Gasteiger partial charge in [-0.2, -0.15) is 0 Å². The van der Waals surface area contributed by atoms with E-state index in [1.54, 1.807) is 0 Å². The lowest BCUT2D eigenvalue weighted by atomic mass is 10.1. The summed E-state index contributed by atoms with van der Waals surface area (Å²) >= 11 is 0. The molecular formula is C19H29N5O3. The third kappa shape index (κ3) is 4.21. The first-order valence-corrected chi connectivity index (χ1v) is 9.93. The van der Waals surface area contributed by atoms with Crippen LogP contribution in [0.2, 0.25) is 0 Å². The molecule has 0 unspecified atom stereocenters. The lowest BCUT2D eigenvalue weighted by molar-refractivity contribution is -0.136. The largest absolute Gasteiger partial charge is 0.348 e. The molecule has 8 nitrogen and oxygen atoms in total. The van der Waals surface area contributed by atoms with Crippen LogP contribution in [0, 0.1) is 0 Å². The molecule has 8 heteroatoms. The average molecular weight is 375 g/mol. The van der Waals surface area contributed by atoms with E-state index in [1.807, 2.05) is 18.7 Å². The van der Waals surface area contributed by atoms with Crippen LogP contribution in [0.15, 0.2) is 17.3 Å². The Kier molecular flexibility index (Phi) is 6.26. The van der Waals surface area contributed by atoms with E-state index in [-0.39, 0.29) is 23.6 Å². The summed E-state index contributed by atoms with van der Waals surface area (Å²) in [7, 11) is 0. The molecule has 3 rings (SSSR count). The van der Waals surface area contributed by atoms with Crippen molar-refractivity contribution in [2.75, 3.05) is 19.6 Å². The fraction of sp³-hybridized carbons (Fsp3) is 0.684. The zero-order chi connectivity index (χ0) is 19.4. The minimum atomic E-state index is -0.455. The van der Waals surface area contributed by atoms with Crippen molar-refractivity contribution < 1.29 is 9.59 Å². The Bertz CT molecular complexity index is 724. The van der Waals surface area contributed by atoms with E-state index in [0.717, 1.165) is 12.8 Å². The number of nitrogens with one attached hydrogen (secondary N) is 2. The van der Waals surface area contributed by atoms with Gasteiger partial charge in [-0.3, -0.25) is 19.3 Å². The molecule has 1 saturated carbocycles. The molecule has 0 bridgehead atoms. The summed E-state index contributed by atoms with van der Waals surface area (Å²) in [6.45, 7) is 6.00. The molecule has 0 aromatic carbocycles. The predicted octanol–water partition coefficient (Wildman–Crippen LogP) is 0.754. The lowest BCUT2D eigenvalue weighted by Gasteiger charge is -2.32. The number of rotatable bonds is 6. The van der Waals surface area contributed by atoms with Crippen LogP contribution in [0.1, 0.15) is 56.3 Å². The summed E-state index contributed by atoms with van der Waals surface area (Å²) < 4.78 is 0. The number of H-pyrrole nitrogens is 1. The van der Waals surface area contributed by atoms with Crippen molar-refractivity contribution in [3.05, 3.63) is 28.4 Å². The Morgan fingerprint density at radius 2 is 2.00 bits per heavy atom. The normalized spacial score (nSPS) is 23.5. The number of amides is 2. The van der Waals surface area contributed by atoms with Gasteiger partial charge in [-0.1, -0.05) is 12.8 Å². The van der Waals surface area contributed by atoms with E-state index in [0.29, 0.717) is 32.1 Å². The van der Waals surface area contributed by atoms with Gasteiger partial charge >= 0.3 is 0 Å². The molecule has 2 aliphatic rings. The molecule has 2 N–H and O–H groups in total. The van der Waals surface area contributed by atoms with Crippen molar-refractivity contribution in [1.82, 2.24) is 25.1 Å². The third-order valence-electron chi connectivity index (χ3n) is 5.79. The van der Waals surface area contributed by atoms with Crippen molar-refractivity contribution in [3.63, 3.8) is 0 Å². The number of carbonyl (C=O) groups excluding carboxylic acids is 2. The Labute approximate surface area is 159 Å². The summed E-state index contributed by atoms with van der Waals surface area (Å²) in [5, 5.41) is 2.94. The molecule has 0 radical (unpaired) electrons. The predicted molar refractivity (Wildman–Crippen MR) is 101 cm³/mol. The third-order valence-corrected chi connectivity index (χ3v) is 5.79. The number of likely N-dealkylation sites (tertiary alicyclic amines) is 1. The number of likely N-dealkylation sites (N-methyl/N-ethyl adjacent to an activating group) is 1. The van der Waals surface area contributed by atoms with E-state index in [9.17, 15) is 14.4 Å². The second-order valence-corrected chi connectivity index (χ2v) is 7.36. The summed E-state index contributed by atoms with van der Waals surface area (Å²) in [6, 6.07) is 0.0471. The number of carbonyl (C=O) groups is 2. The maximum Gasteiger partial charge on any atom is 0.263 e. The van der Waals surface area contributed by atoms with Crippen LogP contribution in [-0.4, -0.2) is 69.3 Å². The lowest BCUT2D eigenvalue weighted by Crippen LogP contribution is -2.48. The Morgan fingerprint density at radius 1 is 1.30 bits per heavy atom. The molecule has 1 aliphatic carbocycles. The Morgan fingerprint density at radius 3 is 2.63 bits per heavy atom. The van der Waals surface area contributed by atoms with Crippen LogP contribution in [0.25, 0.3) is 0 Å². The van der Waals surface area contributed by atoms with Crippen LogP contribution < -0.4 is 10.9 Å². The molecule has 2 fully saturated rings. The SMILES string of the molecule is CCN(CC)C(=O)[C@@H]1C[C@@H](NC(=O)c2cnc[nH]c2=O)CN1C1CCCC1. The van der Waals surface area contributed by atoms with E-state index in [4.69, 9.17) is 0 Å². The van der Waals surface area contributed by atoms with Gasteiger partial charge in [-0.15, -0.1) is 0 Å². The quantitative estimate of drug-likeness (QED) is 0.765. The van der Waals surface area contributed by atoms with Crippen molar-refractivity contribution in [3.8, 4) is 0 Å². The molecule has 2 amide bonds. The average Bonchev–Trinajstić information content (AvgIpc) is 3.32. The standard InChI is InChI=1S/C19H29N5O3/c1-3-23(4-2)19(27)16-9-13(11-24(16)14-7-5-6-8-14)22-18(26)15-10-20-12-21-17(15)25/h10,12-14,16H,3-9,11H2,1-2H3,(H,22,26)(H,20,21,25)/t13-,16+/m1/s1. The summed E-state index contributed by atoms with van der Waals surface area (Å²) in [6.07, 6.45) is 7.70. The van der Waals surface area contributed by atoms with Crippen molar-refractivity contribution in [2.45, 2.75) is 64.1 Å². The molecule has 1 aromatic heterocycles. The van der Waals surface area contributed by atoms with Gasteiger partial charge in [0.25, 0.3) is 11.5 Å². The van der Waals surface area contributed by atoms with Gasteiger partial charge in [-0.25, -0.2) is 4.98 Å². The highest BCUT2D eigenvalue weighted by atomic mass is 16.2.